The molecule has 1 fully saturated rings. The third-order valence-electron chi connectivity index (χ3n) is 4.20. The second-order valence-electron chi connectivity index (χ2n) is 5.90. The van der Waals surface area contributed by atoms with Crippen LogP contribution in [0.5, 0.6) is 0 Å². The number of rotatable bonds is 2. The van der Waals surface area contributed by atoms with Crippen molar-refractivity contribution < 1.29 is 4.79 Å². The molecule has 1 aromatic carbocycles. The van der Waals surface area contributed by atoms with E-state index in [0.717, 1.165) is 36.7 Å². The lowest BCUT2D eigenvalue weighted by Gasteiger charge is -2.36. The van der Waals surface area contributed by atoms with Crippen LogP contribution in [0.3, 0.4) is 0 Å². The first kappa shape index (κ1) is 13.1. The molecule has 1 saturated carbocycles. The highest BCUT2D eigenvalue weighted by Crippen LogP contribution is 2.32. The Bertz CT molecular complexity index is 599. The van der Waals surface area contributed by atoms with E-state index in [1.807, 2.05) is 31.2 Å². The highest BCUT2D eigenvalue weighted by Gasteiger charge is 2.37. The molecule has 0 aliphatic heterocycles. The van der Waals surface area contributed by atoms with Gasteiger partial charge in [0.05, 0.1) is 17.0 Å². The van der Waals surface area contributed by atoms with E-state index in [2.05, 4.69) is 15.3 Å². The summed E-state index contributed by atoms with van der Waals surface area (Å²) >= 11 is 0. The van der Waals surface area contributed by atoms with Crippen LogP contribution in [0.2, 0.25) is 0 Å². The van der Waals surface area contributed by atoms with E-state index < -0.39 is 5.54 Å². The SMILES string of the molecule is CC1(N)CCCCC1C(=O)Nc1nc2ccccc2[nH]1. The molecule has 20 heavy (non-hydrogen) atoms. The molecular weight excluding hydrogens is 252 g/mol. The number of para-hydroxylation sites is 2. The van der Waals surface area contributed by atoms with Gasteiger partial charge in [-0.15, -0.1) is 0 Å². The average Bonchev–Trinajstić information content (AvgIpc) is 2.80. The first-order valence-electron chi connectivity index (χ1n) is 7.11. The predicted octanol–water partition coefficient (Wildman–Crippen LogP) is 2.41. The van der Waals surface area contributed by atoms with E-state index in [0.29, 0.717) is 5.95 Å². The Morgan fingerprint density at radius 1 is 1.45 bits per heavy atom. The third-order valence-corrected chi connectivity index (χ3v) is 4.20. The summed E-state index contributed by atoms with van der Waals surface area (Å²) < 4.78 is 0. The molecular formula is C15H20N4O. The minimum atomic E-state index is -0.422. The summed E-state index contributed by atoms with van der Waals surface area (Å²) in [4.78, 5) is 19.9. The molecule has 2 unspecified atom stereocenters. The van der Waals surface area contributed by atoms with Crippen molar-refractivity contribution >= 4 is 22.9 Å². The van der Waals surface area contributed by atoms with Gasteiger partial charge in [-0.25, -0.2) is 4.98 Å². The number of nitrogens with zero attached hydrogens (tertiary/aromatic N) is 1. The zero-order valence-electron chi connectivity index (χ0n) is 11.6. The van der Waals surface area contributed by atoms with Crippen molar-refractivity contribution in [1.82, 2.24) is 9.97 Å². The Balaban J connectivity index is 1.78. The van der Waals surface area contributed by atoms with Crippen molar-refractivity contribution in [3.8, 4) is 0 Å². The van der Waals surface area contributed by atoms with E-state index in [1.165, 1.54) is 0 Å². The zero-order chi connectivity index (χ0) is 14.2. The summed E-state index contributed by atoms with van der Waals surface area (Å²) in [5.41, 5.74) is 7.61. The third kappa shape index (κ3) is 2.41. The number of anilines is 1. The average molecular weight is 272 g/mol. The molecule has 0 bridgehead atoms. The zero-order valence-corrected chi connectivity index (χ0v) is 11.6. The van der Waals surface area contributed by atoms with Crippen molar-refractivity contribution in [3.63, 3.8) is 0 Å². The van der Waals surface area contributed by atoms with Crippen LogP contribution in [-0.4, -0.2) is 21.4 Å². The lowest BCUT2D eigenvalue weighted by atomic mass is 9.74. The van der Waals surface area contributed by atoms with Crippen molar-refractivity contribution in [2.45, 2.75) is 38.1 Å². The number of nitrogens with one attached hydrogen (secondary N) is 2. The van der Waals surface area contributed by atoms with Crippen LogP contribution in [0.1, 0.15) is 32.6 Å². The maximum atomic E-state index is 12.4. The Morgan fingerprint density at radius 2 is 2.25 bits per heavy atom. The summed E-state index contributed by atoms with van der Waals surface area (Å²) in [6.45, 7) is 1.97. The number of benzene rings is 1. The normalized spacial score (nSPS) is 26.6. The summed E-state index contributed by atoms with van der Waals surface area (Å²) in [7, 11) is 0. The van der Waals surface area contributed by atoms with E-state index in [4.69, 9.17) is 5.73 Å². The quantitative estimate of drug-likeness (QED) is 0.785. The Hall–Kier alpha value is -1.88. The second-order valence-corrected chi connectivity index (χ2v) is 5.90. The number of carbonyl (C=O) groups excluding carboxylic acids is 1. The van der Waals surface area contributed by atoms with Gasteiger partial charge in [0, 0.05) is 5.54 Å². The number of fused-ring (bicyclic) bond motifs is 1. The van der Waals surface area contributed by atoms with E-state index in [9.17, 15) is 4.79 Å². The molecule has 1 aromatic heterocycles. The highest BCUT2D eigenvalue weighted by molar-refractivity contribution is 5.93. The molecule has 1 heterocycles. The smallest absolute Gasteiger partial charge is 0.231 e. The van der Waals surface area contributed by atoms with Gasteiger partial charge in [-0.05, 0) is 31.9 Å². The molecule has 1 aliphatic rings. The fourth-order valence-electron chi connectivity index (χ4n) is 3.00. The van der Waals surface area contributed by atoms with Crippen LogP contribution in [0.25, 0.3) is 11.0 Å². The molecule has 2 atom stereocenters. The largest absolute Gasteiger partial charge is 0.325 e. The molecule has 0 saturated heterocycles. The molecule has 4 N–H and O–H groups in total. The van der Waals surface area contributed by atoms with Gasteiger partial charge in [0.2, 0.25) is 11.9 Å². The number of hydrogen-bond acceptors (Lipinski definition) is 3. The van der Waals surface area contributed by atoms with Crippen LogP contribution in [0, 0.1) is 5.92 Å². The number of amides is 1. The molecule has 0 radical (unpaired) electrons. The van der Waals surface area contributed by atoms with Crippen molar-refractivity contribution in [3.05, 3.63) is 24.3 Å². The van der Waals surface area contributed by atoms with E-state index >= 15 is 0 Å². The van der Waals surface area contributed by atoms with Gasteiger partial charge in [-0.1, -0.05) is 25.0 Å². The topological polar surface area (TPSA) is 83.8 Å². The highest BCUT2D eigenvalue weighted by atomic mass is 16.2. The number of hydrogen-bond donors (Lipinski definition) is 3. The van der Waals surface area contributed by atoms with E-state index in [1.54, 1.807) is 0 Å². The second kappa shape index (κ2) is 4.90. The fourth-order valence-corrected chi connectivity index (χ4v) is 3.00. The lowest BCUT2D eigenvalue weighted by Crippen LogP contribution is -2.51. The number of nitrogens with two attached hydrogens (primary N) is 1. The monoisotopic (exact) mass is 272 g/mol. The molecule has 3 rings (SSSR count). The summed E-state index contributed by atoms with van der Waals surface area (Å²) in [5, 5.41) is 2.87. The molecule has 106 valence electrons. The van der Waals surface area contributed by atoms with Gasteiger partial charge < -0.3 is 10.7 Å². The van der Waals surface area contributed by atoms with Crippen molar-refractivity contribution in [1.29, 1.82) is 0 Å². The standard InChI is InChI=1S/C15H20N4O/c1-15(16)9-5-4-6-10(15)13(20)19-14-17-11-7-2-3-8-12(11)18-14/h2-3,7-8,10H,4-6,9,16H2,1H3,(H2,17,18,19,20). The summed E-state index contributed by atoms with van der Waals surface area (Å²) in [6, 6.07) is 7.71. The maximum Gasteiger partial charge on any atom is 0.231 e. The van der Waals surface area contributed by atoms with Crippen molar-refractivity contribution in [2.75, 3.05) is 5.32 Å². The molecule has 1 amide bonds. The Kier molecular flexibility index (Phi) is 3.22. The molecule has 2 aromatic rings. The predicted molar refractivity (Wildman–Crippen MR) is 79.3 cm³/mol. The van der Waals surface area contributed by atoms with Crippen LogP contribution in [0.4, 0.5) is 5.95 Å². The first-order chi connectivity index (χ1) is 9.56. The fraction of sp³-hybridized carbons (Fsp3) is 0.467. The molecule has 0 spiro atoms. The van der Waals surface area contributed by atoms with Crippen LogP contribution in [0.15, 0.2) is 24.3 Å². The number of H-pyrrole nitrogens is 1. The molecule has 5 nitrogen and oxygen atoms in total. The van der Waals surface area contributed by atoms with Gasteiger partial charge in [0.25, 0.3) is 0 Å². The summed E-state index contributed by atoms with van der Waals surface area (Å²) in [6.07, 6.45) is 3.90. The van der Waals surface area contributed by atoms with Gasteiger partial charge in [0.15, 0.2) is 0 Å². The number of imidazole rings is 1. The van der Waals surface area contributed by atoms with Crippen LogP contribution in [-0.2, 0) is 4.79 Å². The minimum Gasteiger partial charge on any atom is -0.325 e. The number of aromatic amines is 1. The van der Waals surface area contributed by atoms with Gasteiger partial charge in [0.1, 0.15) is 0 Å². The molecule has 1 aliphatic carbocycles. The first-order valence-corrected chi connectivity index (χ1v) is 7.11. The van der Waals surface area contributed by atoms with Crippen molar-refractivity contribution in [2.24, 2.45) is 11.7 Å². The van der Waals surface area contributed by atoms with Crippen LogP contribution < -0.4 is 11.1 Å². The van der Waals surface area contributed by atoms with E-state index in [-0.39, 0.29) is 11.8 Å². The van der Waals surface area contributed by atoms with Gasteiger partial charge in [-0.2, -0.15) is 0 Å². The number of carbonyl (C=O) groups is 1. The lowest BCUT2D eigenvalue weighted by molar-refractivity contribution is -0.122. The molecule has 5 heteroatoms. The van der Waals surface area contributed by atoms with Gasteiger partial charge >= 0.3 is 0 Å². The Morgan fingerprint density at radius 3 is 3.00 bits per heavy atom. The van der Waals surface area contributed by atoms with Gasteiger partial charge in [-0.3, -0.25) is 10.1 Å². The number of aromatic nitrogens is 2. The minimum absolute atomic E-state index is 0.0336. The Labute approximate surface area is 118 Å². The maximum absolute atomic E-state index is 12.4. The summed E-state index contributed by atoms with van der Waals surface area (Å²) in [5.74, 6) is 0.316. The van der Waals surface area contributed by atoms with Crippen LogP contribution >= 0.6 is 0 Å².